The third kappa shape index (κ3) is 3.72. The normalized spacial score (nSPS) is 14.7. The summed E-state index contributed by atoms with van der Waals surface area (Å²) in [4.78, 5) is 21.4. The van der Waals surface area contributed by atoms with E-state index >= 15 is 0 Å². The van der Waals surface area contributed by atoms with Gasteiger partial charge in [0.05, 0.1) is 11.0 Å². The fourth-order valence-electron chi connectivity index (χ4n) is 3.75. The zero-order chi connectivity index (χ0) is 19.0. The van der Waals surface area contributed by atoms with Crippen LogP contribution in [-0.4, -0.2) is 38.3 Å². The van der Waals surface area contributed by atoms with E-state index in [0.29, 0.717) is 6.42 Å². The predicted octanol–water partition coefficient (Wildman–Crippen LogP) is 3.41. The van der Waals surface area contributed by atoms with Crippen molar-refractivity contribution in [1.82, 2.24) is 0 Å². The van der Waals surface area contributed by atoms with Crippen LogP contribution in [0.15, 0.2) is 40.2 Å². The Morgan fingerprint density at radius 3 is 2.93 bits per heavy atom. The van der Waals surface area contributed by atoms with Crippen molar-refractivity contribution in [1.29, 1.82) is 0 Å². The summed E-state index contributed by atoms with van der Waals surface area (Å²) in [7, 11) is 4.11. The van der Waals surface area contributed by atoms with E-state index < -0.39 is 5.97 Å². The fraction of sp³-hybridized carbons (Fsp3) is 0.381. The molecule has 0 saturated heterocycles. The first-order valence-corrected chi connectivity index (χ1v) is 10.3. The van der Waals surface area contributed by atoms with E-state index in [1.807, 2.05) is 0 Å². The van der Waals surface area contributed by atoms with Crippen LogP contribution in [-0.2, 0) is 11.2 Å². The van der Waals surface area contributed by atoms with Crippen molar-refractivity contribution in [2.45, 2.75) is 30.6 Å². The molecule has 2 aromatic carbocycles. The van der Waals surface area contributed by atoms with Crippen LogP contribution < -0.4 is 15.2 Å². The molecule has 5 nitrogen and oxygen atoms in total. The minimum absolute atomic E-state index is 0.227. The molecule has 2 aromatic rings. The van der Waals surface area contributed by atoms with E-state index in [-0.39, 0.29) is 6.42 Å². The van der Waals surface area contributed by atoms with Crippen LogP contribution in [0.4, 0.5) is 17.1 Å². The summed E-state index contributed by atoms with van der Waals surface area (Å²) in [6, 6.07) is 11.0. The molecule has 0 fully saturated rings. The third-order valence-corrected chi connectivity index (χ3v) is 6.36. The molecule has 0 bridgehead atoms. The zero-order valence-corrected chi connectivity index (χ0v) is 16.7. The van der Waals surface area contributed by atoms with Crippen LogP contribution in [0.1, 0.15) is 24.8 Å². The lowest BCUT2D eigenvalue weighted by Crippen LogP contribution is -2.31. The number of nitrogens with zero attached hydrogens (tertiary/aromatic N) is 3. The molecular weight excluding hydrogens is 358 g/mol. The van der Waals surface area contributed by atoms with Crippen LogP contribution in [0.25, 0.3) is 0 Å². The van der Waals surface area contributed by atoms with Crippen molar-refractivity contribution in [3.63, 3.8) is 0 Å². The van der Waals surface area contributed by atoms with Crippen molar-refractivity contribution in [3.05, 3.63) is 45.8 Å². The summed E-state index contributed by atoms with van der Waals surface area (Å²) in [5, 5.41) is 9.99. The van der Waals surface area contributed by atoms with E-state index in [0.717, 1.165) is 37.0 Å². The number of benzene rings is 2. The van der Waals surface area contributed by atoms with E-state index in [9.17, 15) is 4.79 Å². The number of hydrogen-bond donors (Lipinski definition) is 2. The van der Waals surface area contributed by atoms with Gasteiger partial charge >= 0.3 is 5.97 Å². The number of fused-ring (bicyclic) bond motifs is 3. The van der Waals surface area contributed by atoms with Gasteiger partial charge in [0.25, 0.3) is 0 Å². The van der Waals surface area contributed by atoms with Crippen molar-refractivity contribution >= 4 is 34.4 Å². The van der Waals surface area contributed by atoms with Gasteiger partial charge in [-0.15, -0.1) is 0 Å². The average molecular weight is 384 g/mol. The molecule has 0 saturated carbocycles. The lowest BCUT2D eigenvalue weighted by Gasteiger charge is -2.31. The number of thiol groups is 1. The van der Waals surface area contributed by atoms with E-state index in [4.69, 9.17) is 10.1 Å². The van der Waals surface area contributed by atoms with Gasteiger partial charge in [0.1, 0.15) is 0 Å². The van der Waals surface area contributed by atoms with Crippen molar-refractivity contribution in [3.8, 4) is 0 Å². The predicted molar refractivity (Wildman–Crippen MR) is 112 cm³/mol. The third-order valence-electron chi connectivity index (χ3n) is 5.17. The topological polar surface area (TPSA) is 56.1 Å². The number of carboxylic acids is 1. The van der Waals surface area contributed by atoms with E-state index in [1.165, 1.54) is 37.7 Å². The Bertz CT molecular complexity index is 1020. The summed E-state index contributed by atoms with van der Waals surface area (Å²) in [5.74, 6) is -0.719. The Morgan fingerprint density at radius 1 is 1.30 bits per heavy atom. The molecule has 142 valence electrons. The minimum Gasteiger partial charge on any atom is -0.481 e. The molecule has 4 rings (SSSR count). The van der Waals surface area contributed by atoms with Crippen molar-refractivity contribution < 1.29 is 9.90 Å². The average Bonchev–Trinajstić information content (AvgIpc) is 2.64. The molecule has 2 heterocycles. The first-order valence-electron chi connectivity index (χ1n) is 9.40. The van der Waals surface area contributed by atoms with Crippen molar-refractivity contribution in [2.24, 2.45) is 4.99 Å². The standard InChI is InChI=1S/C21H25N3O2S/c1-23(2)15-7-8-16-19(12-15)27-20-13-18-14(11-17(20)22-16)5-3-9-24(18)10-4-6-21(25)26/h7-8,11-13,27H,3-6,9-10H2,1-2H3,(H,25,26). The quantitative estimate of drug-likeness (QED) is 0.524. The smallest absolute Gasteiger partial charge is 0.303 e. The maximum Gasteiger partial charge on any atom is 0.303 e. The lowest BCUT2D eigenvalue weighted by atomic mass is 10.0. The molecule has 0 spiro atoms. The summed E-state index contributed by atoms with van der Waals surface area (Å²) in [5.41, 5.74) is 4.85. The van der Waals surface area contributed by atoms with Gasteiger partial charge in [0.15, 0.2) is 0 Å². The molecule has 2 aliphatic rings. The van der Waals surface area contributed by atoms with Crippen LogP contribution in [0.3, 0.4) is 0 Å². The second kappa shape index (κ2) is 7.35. The van der Waals surface area contributed by atoms with Gasteiger partial charge in [-0.05, 0) is 55.2 Å². The van der Waals surface area contributed by atoms with Crippen LogP contribution >= 0.6 is 11.4 Å². The monoisotopic (exact) mass is 383 g/mol. The number of aliphatic carboxylic acids is 1. The molecule has 0 aliphatic carbocycles. The Labute approximate surface area is 162 Å². The van der Waals surface area contributed by atoms with Gasteiger partial charge in [-0.25, -0.2) is 4.99 Å². The molecule has 0 unspecified atom stereocenters. The summed E-state index contributed by atoms with van der Waals surface area (Å²) in [6.45, 7) is 1.80. The number of carboxylic acid groups (broad SMARTS) is 1. The molecule has 0 aromatic heterocycles. The molecule has 2 aliphatic heterocycles. The maximum atomic E-state index is 10.8. The highest BCUT2D eigenvalue weighted by Crippen LogP contribution is 2.34. The number of aryl methyl sites for hydroxylation is 1. The van der Waals surface area contributed by atoms with Gasteiger partial charge < -0.3 is 14.9 Å². The second-order valence-electron chi connectivity index (χ2n) is 7.35. The number of hydrogen-bond acceptors (Lipinski definition) is 4. The van der Waals surface area contributed by atoms with Crippen LogP contribution in [0, 0.1) is 4.51 Å². The van der Waals surface area contributed by atoms with E-state index in [2.05, 4.69) is 54.2 Å². The largest absolute Gasteiger partial charge is 0.481 e. The molecule has 1 N–H and O–H groups in total. The van der Waals surface area contributed by atoms with Crippen LogP contribution in [0.5, 0.6) is 0 Å². The maximum absolute atomic E-state index is 10.8. The first kappa shape index (κ1) is 18.0. The van der Waals surface area contributed by atoms with Crippen LogP contribution in [0.2, 0.25) is 0 Å². The second-order valence-corrected chi connectivity index (χ2v) is 8.54. The van der Waals surface area contributed by atoms with Gasteiger partial charge in [-0.3, -0.25) is 4.79 Å². The summed E-state index contributed by atoms with van der Waals surface area (Å²) in [6.07, 6.45) is 3.09. The number of carbonyl (C=O) groups is 1. The van der Waals surface area contributed by atoms with Gasteiger partial charge in [0, 0.05) is 54.4 Å². The highest BCUT2D eigenvalue weighted by Gasteiger charge is 2.18. The van der Waals surface area contributed by atoms with Gasteiger partial charge in [-0.2, -0.15) is 11.4 Å². The molecule has 0 amide bonds. The Hall–Kier alpha value is -2.34. The Balaban J connectivity index is 1.71. The lowest BCUT2D eigenvalue weighted by molar-refractivity contribution is -0.137. The molecule has 0 radical (unpaired) electrons. The van der Waals surface area contributed by atoms with Gasteiger partial charge in [-0.1, -0.05) is 0 Å². The Morgan fingerprint density at radius 2 is 2.15 bits per heavy atom. The molecular formula is C21H25N3O2S. The SMILES string of the molecule is CN(C)c1ccc2c(c1)[SH]=c1cc3c(cc1=N2)CCCN3CCCC(=O)O. The Kier molecular flexibility index (Phi) is 4.91. The summed E-state index contributed by atoms with van der Waals surface area (Å²) >= 11 is 1.19. The minimum atomic E-state index is -0.719. The van der Waals surface area contributed by atoms with Crippen molar-refractivity contribution in [2.75, 3.05) is 37.0 Å². The highest BCUT2D eigenvalue weighted by atomic mass is 32.1. The van der Waals surface area contributed by atoms with Gasteiger partial charge in [0.2, 0.25) is 0 Å². The summed E-state index contributed by atoms with van der Waals surface area (Å²) < 4.78 is 1.24. The number of rotatable bonds is 5. The highest BCUT2D eigenvalue weighted by molar-refractivity contribution is 7.91. The zero-order valence-electron chi connectivity index (χ0n) is 15.8. The molecule has 6 heteroatoms. The number of anilines is 2. The fourth-order valence-corrected chi connectivity index (χ4v) is 4.86. The van der Waals surface area contributed by atoms with E-state index in [1.54, 1.807) is 0 Å². The first-order chi connectivity index (χ1) is 13.0. The molecule has 0 atom stereocenters. The molecule has 27 heavy (non-hydrogen) atoms.